The van der Waals surface area contributed by atoms with Crippen molar-refractivity contribution in [1.29, 1.82) is 0 Å². The molecular weight excluding hydrogens is 864 g/mol. The van der Waals surface area contributed by atoms with Gasteiger partial charge in [0.15, 0.2) is 0 Å². The van der Waals surface area contributed by atoms with Gasteiger partial charge in [-0.2, -0.15) is 0 Å². The van der Waals surface area contributed by atoms with Crippen molar-refractivity contribution in [2.45, 2.75) is 0 Å². The third-order valence-corrected chi connectivity index (χ3v) is 8.04. The van der Waals surface area contributed by atoms with E-state index >= 15 is 0 Å². The Morgan fingerprint density at radius 1 is 0.264 bits per heavy atom. The normalized spacial score (nSPS) is 9.96. The van der Waals surface area contributed by atoms with Crippen LogP contribution in [0.25, 0.3) is 43.1 Å². The molecule has 9 heteroatoms. The Morgan fingerprint density at radius 3 is 0.623 bits per heavy atom. The van der Waals surface area contributed by atoms with E-state index in [-0.39, 0.29) is 49.6 Å². The molecule has 8 rings (SSSR count). The van der Waals surface area contributed by atoms with E-state index in [1.165, 1.54) is 0 Å². The summed E-state index contributed by atoms with van der Waals surface area (Å²) in [4.78, 5) is 42.8. The van der Waals surface area contributed by atoms with Gasteiger partial charge in [-0.1, -0.05) is 170 Å². The van der Waals surface area contributed by atoms with E-state index in [4.69, 9.17) is 0 Å². The Labute approximate surface area is 324 Å². The quantitative estimate of drug-likeness (QED) is 0.235. The molecule has 0 aliphatic heterocycles. The Hall–Kier alpha value is -6.40. The summed E-state index contributed by atoms with van der Waals surface area (Å²) in [7, 11) is 0. The first-order chi connectivity index (χ1) is 25.2. The average molecular weight is 892 g/mol. The van der Waals surface area contributed by atoms with Crippen LogP contribution in [0.1, 0.15) is 41.4 Å². The zero-order valence-corrected chi connectivity index (χ0v) is 31.8. The van der Waals surface area contributed by atoms with Gasteiger partial charge in [-0.25, -0.2) is 0 Å². The second kappa shape index (κ2) is 18.7. The van der Waals surface area contributed by atoms with E-state index in [9.17, 15) is 39.6 Å². The minimum Gasteiger partial charge on any atom is -0.545 e. The number of aromatic carboxylic acids is 4. The smallest absolute Gasteiger partial charge is 0.545 e. The number of fused-ring (bicyclic) bond motifs is 4. The molecule has 0 aliphatic carbocycles. The standard InChI is InChI=1S/4C11H8O2.Pb/c4*12-11(13)10-7-3-5-8-4-1-2-6-9(8)10;/h4*1-7H,(H,12,13);/q;;;;+4/p-4. The molecule has 0 aromatic heterocycles. The molecule has 0 radical (unpaired) electrons. The van der Waals surface area contributed by atoms with Crippen LogP contribution in [0.5, 0.6) is 0 Å². The summed E-state index contributed by atoms with van der Waals surface area (Å²) >= 11 is 0. The Balaban J connectivity index is 0.000000157. The Bertz CT molecular complexity index is 2180. The molecular formula is C44H28O8Pb. The predicted molar refractivity (Wildman–Crippen MR) is 199 cm³/mol. The van der Waals surface area contributed by atoms with Crippen LogP contribution >= 0.6 is 0 Å². The van der Waals surface area contributed by atoms with Gasteiger partial charge in [0.05, 0.1) is 23.9 Å². The first-order valence-electron chi connectivity index (χ1n) is 15.9. The van der Waals surface area contributed by atoms with E-state index in [0.717, 1.165) is 43.1 Å². The molecule has 0 N–H and O–H groups in total. The van der Waals surface area contributed by atoms with Crippen LogP contribution in [0.4, 0.5) is 0 Å². The maximum Gasteiger partial charge on any atom is 4.00 e. The monoisotopic (exact) mass is 892 g/mol. The van der Waals surface area contributed by atoms with Crippen LogP contribution in [0.15, 0.2) is 170 Å². The Morgan fingerprint density at radius 2 is 0.434 bits per heavy atom. The van der Waals surface area contributed by atoms with Gasteiger partial charge < -0.3 is 39.6 Å². The third kappa shape index (κ3) is 9.90. The topological polar surface area (TPSA) is 161 Å². The molecule has 0 aliphatic rings. The van der Waals surface area contributed by atoms with E-state index in [1.54, 1.807) is 72.8 Å². The zero-order chi connectivity index (χ0) is 37.0. The fourth-order valence-electron chi connectivity index (χ4n) is 5.61. The molecule has 0 bridgehead atoms. The van der Waals surface area contributed by atoms with Crippen molar-refractivity contribution in [3.63, 3.8) is 0 Å². The van der Waals surface area contributed by atoms with Crippen LogP contribution in [-0.2, 0) is 0 Å². The number of hydrogen-bond donors (Lipinski definition) is 0. The number of rotatable bonds is 4. The van der Waals surface area contributed by atoms with Gasteiger partial charge in [0.25, 0.3) is 0 Å². The molecule has 8 nitrogen and oxygen atoms in total. The van der Waals surface area contributed by atoms with Crippen LogP contribution < -0.4 is 20.4 Å². The summed E-state index contributed by atoms with van der Waals surface area (Å²) in [6.07, 6.45) is 0. The molecule has 256 valence electrons. The largest absolute Gasteiger partial charge is 4.00 e. The molecule has 0 unspecified atom stereocenters. The fourth-order valence-corrected chi connectivity index (χ4v) is 5.61. The maximum atomic E-state index is 10.7. The van der Waals surface area contributed by atoms with Gasteiger partial charge in [-0.15, -0.1) is 0 Å². The van der Waals surface area contributed by atoms with Crippen LogP contribution in [0, 0.1) is 0 Å². The summed E-state index contributed by atoms with van der Waals surface area (Å²) in [5, 5.41) is 49.4. The van der Waals surface area contributed by atoms with E-state index in [1.807, 2.05) is 97.1 Å². The van der Waals surface area contributed by atoms with Crippen molar-refractivity contribution in [2.24, 2.45) is 0 Å². The molecule has 0 saturated carbocycles. The molecule has 8 aromatic rings. The first kappa shape index (κ1) is 39.4. The van der Waals surface area contributed by atoms with Crippen molar-refractivity contribution >= 4 is 94.3 Å². The van der Waals surface area contributed by atoms with Crippen LogP contribution in [-0.4, -0.2) is 51.2 Å². The van der Waals surface area contributed by atoms with Crippen molar-refractivity contribution in [2.75, 3.05) is 0 Å². The minimum absolute atomic E-state index is 0. The van der Waals surface area contributed by atoms with E-state index < -0.39 is 23.9 Å². The number of carbonyl (C=O) groups is 4. The summed E-state index contributed by atoms with van der Waals surface area (Å²) in [5.41, 5.74) is 0.993. The fraction of sp³-hybridized carbons (Fsp3) is 0. The van der Waals surface area contributed by atoms with Crippen LogP contribution in [0.3, 0.4) is 0 Å². The number of carbonyl (C=O) groups excluding carboxylic acids is 4. The minimum atomic E-state index is -1.13. The number of carboxylic acids is 4. The average Bonchev–Trinajstić information content (AvgIpc) is 3.17. The summed E-state index contributed by atoms with van der Waals surface area (Å²) < 4.78 is 0. The summed E-state index contributed by atoms with van der Waals surface area (Å²) in [6, 6.07) is 50.0. The van der Waals surface area contributed by atoms with Gasteiger partial charge in [0, 0.05) is 22.3 Å². The van der Waals surface area contributed by atoms with Gasteiger partial charge in [0.1, 0.15) is 0 Å². The van der Waals surface area contributed by atoms with Gasteiger partial charge in [-0.3, -0.25) is 0 Å². The molecule has 0 atom stereocenters. The van der Waals surface area contributed by atoms with E-state index in [0.29, 0.717) is 0 Å². The molecule has 0 amide bonds. The zero-order valence-electron chi connectivity index (χ0n) is 27.9. The second-order valence-corrected chi connectivity index (χ2v) is 11.3. The van der Waals surface area contributed by atoms with Gasteiger partial charge >= 0.3 is 27.3 Å². The SMILES string of the molecule is O=C([O-])c1cccc2ccccc12.O=C([O-])c1cccc2ccccc12.O=C([O-])c1cccc2ccccc12.O=C([O-])c1cccc2ccccc12.[Pb+4]. The van der Waals surface area contributed by atoms with Gasteiger partial charge in [0.2, 0.25) is 0 Å². The second-order valence-electron chi connectivity index (χ2n) is 11.3. The van der Waals surface area contributed by atoms with Gasteiger partial charge in [-0.05, 0) is 43.1 Å². The van der Waals surface area contributed by atoms with E-state index in [2.05, 4.69) is 0 Å². The van der Waals surface area contributed by atoms with Crippen LogP contribution in [0.2, 0.25) is 0 Å². The predicted octanol–water partition coefficient (Wildman–Crippen LogP) is 4.43. The molecule has 8 aromatic carbocycles. The molecule has 53 heavy (non-hydrogen) atoms. The van der Waals surface area contributed by atoms with Crippen molar-refractivity contribution < 1.29 is 39.6 Å². The molecule has 0 spiro atoms. The van der Waals surface area contributed by atoms with Crippen molar-refractivity contribution in [3.8, 4) is 0 Å². The number of hydrogen-bond acceptors (Lipinski definition) is 8. The summed E-state index contributed by atoms with van der Waals surface area (Å²) in [6.45, 7) is 0. The molecule has 0 heterocycles. The van der Waals surface area contributed by atoms with Crippen molar-refractivity contribution in [1.82, 2.24) is 0 Å². The number of carboxylic acid groups (broad SMARTS) is 4. The Kier molecular flexibility index (Phi) is 13.9. The maximum absolute atomic E-state index is 10.7. The first-order valence-corrected chi connectivity index (χ1v) is 15.9. The third-order valence-electron chi connectivity index (χ3n) is 8.04. The summed E-state index contributed by atoms with van der Waals surface area (Å²) in [5.74, 6) is -4.51. The molecule has 0 fully saturated rings. The van der Waals surface area contributed by atoms with Crippen molar-refractivity contribution in [3.05, 3.63) is 192 Å². The number of benzene rings is 8. The molecule has 0 saturated heterocycles.